The highest BCUT2D eigenvalue weighted by Crippen LogP contribution is 2.62. The third-order valence-corrected chi connectivity index (χ3v) is 5.78. The standard InChI is InChI=1S/C16H28O/c1-5-8-16(4,11-17)10-14-12-6-7-13(9-12)15(14,2)3/h5,12-14,17H,1,6-11H2,2-4H3/t12-,13+,14?,16?/m0/s1. The summed E-state index contributed by atoms with van der Waals surface area (Å²) in [6.45, 7) is 11.3. The van der Waals surface area contributed by atoms with Crippen molar-refractivity contribution in [3.05, 3.63) is 12.7 Å². The van der Waals surface area contributed by atoms with Gasteiger partial charge in [0.05, 0.1) is 0 Å². The molecule has 1 nitrogen and oxygen atoms in total. The summed E-state index contributed by atoms with van der Waals surface area (Å²) >= 11 is 0. The normalized spacial score (nSPS) is 38.0. The Kier molecular flexibility index (Phi) is 3.42. The fraction of sp³-hybridized carbons (Fsp3) is 0.875. The van der Waals surface area contributed by atoms with Crippen molar-refractivity contribution in [1.29, 1.82) is 0 Å². The largest absolute Gasteiger partial charge is 0.396 e. The first-order valence-corrected chi connectivity index (χ1v) is 7.15. The Labute approximate surface area is 106 Å². The predicted octanol–water partition coefficient (Wildman–Crippen LogP) is 4.02. The van der Waals surface area contributed by atoms with Crippen molar-refractivity contribution >= 4 is 0 Å². The zero-order valence-electron chi connectivity index (χ0n) is 11.7. The van der Waals surface area contributed by atoms with E-state index in [9.17, 15) is 5.11 Å². The van der Waals surface area contributed by atoms with Gasteiger partial charge in [-0.3, -0.25) is 0 Å². The van der Waals surface area contributed by atoms with Gasteiger partial charge in [0.25, 0.3) is 0 Å². The van der Waals surface area contributed by atoms with Gasteiger partial charge in [-0.2, -0.15) is 0 Å². The van der Waals surface area contributed by atoms with Crippen molar-refractivity contribution in [3.8, 4) is 0 Å². The van der Waals surface area contributed by atoms with Crippen LogP contribution in [0.2, 0.25) is 0 Å². The zero-order chi connectivity index (χ0) is 12.7. The van der Waals surface area contributed by atoms with E-state index in [0.717, 1.165) is 24.2 Å². The van der Waals surface area contributed by atoms with Crippen molar-refractivity contribution in [1.82, 2.24) is 0 Å². The summed E-state index contributed by atoms with van der Waals surface area (Å²) in [5, 5.41) is 9.67. The molecule has 4 atom stereocenters. The summed E-state index contributed by atoms with van der Waals surface area (Å²) in [5.41, 5.74) is 0.536. The molecule has 0 aromatic rings. The molecular weight excluding hydrogens is 208 g/mol. The van der Waals surface area contributed by atoms with Crippen molar-refractivity contribution in [2.75, 3.05) is 6.61 Å². The first-order valence-electron chi connectivity index (χ1n) is 7.15. The lowest BCUT2D eigenvalue weighted by Crippen LogP contribution is -2.36. The van der Waals surface area contributed by atoms with Crippen LogP contribution < -0.4 is 0 Å². The van der Waals surface area contributed by atoms with Crippen molar-refractivity contribution in [2.45, 2.75) is 52.9 Å². The molecular formula is C16H28O. The molecule has 2 fully saturated rings. The first kappa shape index (κ1) is 13.1. The van der Waals surface area contributed by atoms with Crippen molar-refractivity contribution in [2.24, 2.45) is 28.6 Å². The van der Waals surface area contributed by atoms with Crippen LogP contribution in [-0.4, -0.2) is 11.7 Å². The molecule has 0 spiro atoms. The summed E-state index contributed by atoms with van der Waals surface area (Å²) < 4.78 is 0. The van der Waals surface area contributed by atoms with Gasteiger partial charge in [-0.1, -0.05) is 26.8 Å². The Morgan fingerprint density at radius 3 is 2.59 bits per heavy atom. The van der Waals surface area contributed by atoms with Crippen LogP contribution in [0, 0.1) is 28.6 Å². The van der Waals surface area contributed by atoms with E-state index in [1.54, 1.807) is 0 Å². The Bertz CT molecular complexity index is 294. The van der Waals surface area contributed by atoms with Gasteiger partial charge in [-0.25, -0.2) is 0 Å². The Balaban J connectivity index is 2.10. The van der Waals surface area contributed by atoms with Gasteiger partial charge in [-0.15, -0.1) is 6.58 Å². The molecule has 1 N–H and O–H groups in total. The maximum atomic E-state index is 9.67. The lowest BCUT2D eigenvalue weighted by atomic mass is 9.63. The zero-order valence-corrected chi connectivity index (χ0v) is 11.7. The Hall–Kier alpha value is -0.300. The van der Waals surface area contributed by atoms with Gasteiger partial charge in [-0.05, 0) is 60.7 Å². The number of fused-ring (bicyclic) bond motifs is 2. The molecule has 0 radical (unpaired) electrons. The van der Waals surface area contributed by atoms with E-state index in [1.165, 1.54) is 25.7 Å². The summed E-state index contributed by atoms with van der Waals surface area (Å²) in [6.07, 6.45) is 8.38. The molecule has 2 bridgehead atoms. The predicted molar refractivity (Wildman–Crippen MR) is 72.7 cm³/mol. The van der Waals surface area contributed by atoms with Gasteiger partial charge in [0.15, 0.2) is 0 Å². The molecule has 0 heterocycles. The van der Waals surface area contributed by atoms with Gasteiger partial charge < -0.3 is 5.11 Å². The number of hydrogen-bond acceptors (Lipinski definition) is 1. The Morgan fingerprint density at radius 1 is 1.41 bits per heavy atom. The van der Waals surface area contributed by atoms with Gasteiger partial charge in [0.2, 0.25) is 0 Å². The lowest BCUT2D eigenvalue weighted by molar-refractivity contribution is 0.0425. The van der Waals surface area contributed by atoms with Crippen LogP contribution in [-0.2, 0) is 0 Å². The first-order chi connectivity index (χ1) is 7.93. The van der Waals surface area contributed by atoms with Gasteiger partial charge >= 0.3 is 0 Å². The highest BCUT2D eigenvalue weighted by molar-refractivity contribution is 5.03. The van der Waals surface area contributed by atoms with E-state index in [1.807, 2.05) is 6.08 Å². The van der Waals surface area contributed by atoms with Gasteiger partial charge in [0.1, 0.15) is 0 Å². The quantitative estimate of drug-likeness (QED) is 0.715. The smallest absolute Gasteiger partial charge is 0.0487 e. The minimum absolute atomic E-state index is 0.0498. The van der Waals surface area contributed by atoms with Crippen molar-refractivity contribution in [3.63, 3.8) is 0 Å². The average molecular weight is 236 g/mol. The summed E-state index contributed by atoms with van der Waals surface area (Å²) in [5.74, 6) is 2.66. The minimum Gasteiger partial charge on any atom is -0.396 e. The molecule has 2 aliphatic rings. The Morgan fingerprint density at radius 2 is 2.12 bits per heavy atom. The van der Waals surface area contributed by atoms with Gasteiger partial charge in [0, 0.05) is 6.61 Å². The number of rotatable bonds is 5. The second kappa shape index (κ2) is 4.42. The molecule has 0 aromatic heterocycles. The number of allylic oxidation sites excluding steroid dienone is 1. The van der Waals surface area contributed by atoms with Crippen LogP contribution in [0.3, 0.4) is 0 Å². The summed E-state index contributed by atoms with van der Waals surface area (Å²) in [4.78, 5) is 0. The maximum absolute atomic E-state index is 9.67. The summed E-state index contributed by atoms with van der Waals surface area (Å²) in [6, 6.07) is 0. The molecule has 0 amide bonds. The van der Waals surface area contributed by atoms with E-state index < -0.39 is 0 Å². The molecule has 2 saturated carbocycles. The molecule has 2 aliphatic carbocycles. The fourth-order valence-corrected chi connectivity index (χ4v) is 4.49. The third kappa shape index (κ3) is 2.19. The monoisotopic (exact) mass is 236 g/mol. The van der Waals surface area contributed by atoms with E-state index in [2.05, 4.69) is 27.4 Å². The molecule has 2 unspecified atom stereocenters. The van der Waals surface area contributed by atoms with Crippen LogP contribution >= 0.6 is 0 Å². The van der Waals surface area contributed by atoms with E-state index in [4.69, 9.17) is 0 Å². The number of hydrogen-bond donors (Lipinski definition) is 1. The topological polar surface area (TPSA) is 20.2 Å². The van der Waals surface area contributed by atoms with Crippen LogP contribution in [0.4, 0.5) is 0 Å². The summed E-state index contributed by atoms with van der Waals surface area (Å²) in [7, 11) is 0. The minimum atomic E-state index is 0.0498. The van der Waals surface area contributed by atoms with Crippen LogP contribution in [0.25, 0.3) is 0 Å². The van der Waals surface area contributed by atoms with E-state index in [0.29, 0.717) is 12.0 Å². The highest BCUT2D eigenvalue weighted by atomic mass is 16.3. The SMILES string of the molecule is C=CCC(C)(CO)CC1[C@H]2CC[C@H](C2)C1(C)C. The van der Waals surface area contributed by atoms with Crippen molar-refractivity contribution < 1.29 is 5.11 Å². The van der Waals surface area contributed by atoms with Crippen LogP contribution in [0.15, 0.2) is 12.7 Å². The highest BCUT2D eigenvalue weighted by Gasteiger charge is 2.53. The maximum Gasteiger partial charge on any atom is 0.0487 e. The fourth-order valence-electron chi connectivity index (χ4n) is 4.49. The molecule has 17 heavy (non-hydrogen) atoms. The molecule has 0 aromatic carbocycles. The molecule has 98 valence electrons. The van der Waals surface area contributed by atoms with Crippen LogP contribution in [0.5, 0.6) is 0 Å². The van der Waals surface area contributed by atoms with E-state index in [-0.39, 0.29) is 5.41 Å². The second-order valence-corrected chi connectivity index (χ2v) is 7.36. The molecule has 1 heteroatoms. The molecule has 2 rings (SSSR count). The average Bonchev–Trinajstić information content (AvgIpc) is 2.82. The van der Waals surface area contributed by atoms with Crippen LogP contribution in [0.1, 0.15) is 52.9 Å². The molecule has 0 saturated heterocycles. The van der Waals surface area contributed by atoms with E-state index >= 15 is 0 Å². The lowest BCUT2D eigenvalue weighted by Gasteiger charge is -2.42. The second-order valence-electron chi connectivity index (χ2n) is 7.36. The number of aliphatic hydroxyl groups excluding tert-OH is 1. The third-order valence-electron chi connectivity index (χ3n) is 5.78. The molecule has 0 aliphatic heterocycles. The number of aliphatic hydroxyl groups is 1.